The number of aromatic nitrogens is 4. The van der Waals surface area contributed by atoms with Crippen LogP contribution in [0, 0.1) is 0 Å². The Morgan fingerprint density at radius 1 is 1.46 bits per heavy atom. The number of nitrogens with one attached hydrogen (secondary N) is 2. The van der Waals surface area contributed by atoms with Gasteiger partial charge >= 0.3 is 0 Å². The number of pyridine rings is 1. The van der Waals surface area contributed by atoms with Crippen molar-refractivity contribution in [3.05, 3.63) is 42.5 Å². The molecule has 8 heteroatoms. The van der Waals surface area contributed by atoms with Gasteiger partial charge < -0.3 is 9.15 Å². The summed E-state index contributed by atoms with van der Waals surface area (Å²) in [5, 5.41) is 9.33. The maximum atomic E-state index is 12.3. The van der Waals surface area contributed by atoms with E-state index in [4.69, 9.17) is 9.15 Å². The topological polar surface area (TPSA) is 106 Å². The lowest BCUT2D eigenvalue weighted by Crippen LogP contribution is -2.15. The van der Waals surface area contributed by atoms with Crippen molar-refractivity contribution < 1.29 is 13.9 Å². The number of hydrogen-bond acceptors (Lipinski definition) is 6. The van der Waals surface area contributed by atoms with Crippen LogP contribution in [0.15, 0.2) is 41.3 Å². The van der Waals surface area contributed by atoms with E-state index in [1.165, 1.54) is 18.7 Å². The fraction of sp³-hybridized carbons (Fsp3) is 0.250. The third-order valence-electron chi connectivity index (χ3n) is 3.40. The molecule has 3 heterocycles. The monoisotopic (exact) mass is 327 g/mol. The van der Waals surface area contributed by atoms with Gasteiger partial charge in [0.15, 0.2) is 5.82 Å². The number of anilines is 1. The standard InChI is InChI=1S/C16H17N5O3/c1-3-10(2)24-13-8-11(4-6-17-13)15(22)19-16-18-14(20-21-16)12-5-7-23-9-12/h4-10H,3H2,1-2H3,(H2,18,19,20,21,22). The van der Waals surface area contributed by atoms with Gasteiger partial charge in [-0.2, -0.15) is 4.98 Å². The predicted molar refractivity (Wildman–Crippen MR) is 86.7 cm³/mol. The number of nitrogens with zero attached hydrogens (tertiary/aromatic N) is 3. The first-order valence-corrected chi connectivity index (χ1v) is 7.54. The summed E-state index contributed by atoms with van der Waals surface area (Å²) < 4.78 is 10.6. The van der Waals surface area contributed by atoms with Crippen molar-refractivity contribution in [3.63, 3.8) is 0 Å². The highest BCUT2D eigenvalue weighted by atomic mass is 16.5. The quantitative estimate of drug-likeness (QED) is 0.721. The van der Waals surface area contributed by atoms with Gasteiger partial charge in [-0.3, -0.25) is 15.2 Å². The minimum atomic E-state index is -0.343. The molecule has 124 valence electrons. The summed E-state index contributed by atoms with van der Waals surface area (Å²) in [6.45, 7) is 3.96. The van der Waals surface area contributed by atoms with Crippen LogP contribution < -0.4 is 10.1 Å². The summed E-state index contributed by atoms with van der Waals surface area (Å²) in [6.07, 6.45) is 5.48. The van der Waals surface area contributed by atoms with Crippen molar-refractivity contribution in [2.75, 3.05) is 5.32 Å². The molecular weight excluding hydrogens is 310 g/mol. The molecule has 0 aliphatic heterocycles. The van der Waals surface area contributed by atoms with Crippen molar-refractivity contribution in [2.45, 2.75) is 26.4 Å². The molecule has 0 aliphatic carbocycles. The highest BCUT2D eigenvalue weighted by Gasteiger charge is 2.13. The van der Waals surface area contributed by atoms with Gasteiger partial charge in [0.2, 0.25) is 11.8 Å². The number of rotatable bonds is 6. The van der Waals surface area contributed by atoms with Crippen molar-refractivity contribution in [1.29, 1.82) is 0 Å². The Balaban J connectivity index is 1.70. The SMILES string of the molecule is CCC(C)Oc1cc(C(=O)Nc2n[nH]c(-c3ccoc3)n2)ccn1. The van der Waals surface area contributed by atoms with Gasteiger partial charge in [0.1, 0.15) is 6.26 Å². The summed E-state index contributed by atoms with van der Waals surface area (Å²) in [5.74, 6) is 0.752. The van der Waals surface area contributed by atoms with Gasteiger partial charge in [-0.15, -0.1) is 5.10 Å². The van der Waals surface area contributed by atoms with E-state index in [1.807, 2.05) is 13.8 Å². The Hall–Kier alpha value is -3.16. The zero-order valence-electron chi connectivity index (χ0n) is 13.3. The molecular formula is C16H17N5O3. The first-order chi connectivity index (χ1) is 11.7. The maximum absolute atomic E-state index is 12.3. The Kier molecular flexibility index (Phi) is 4.55. The minimum Gasteiger partial charge on any atom is -0.475 e. The van der Waals surface area contributed by atoms with E-state index in [9.17, 15) is 4.79 Å². The average Bonchev–Trinajstić information content (AvgIpc) is 3.26. The number of furan rings is 1. The smallest absolute Gasteiger partial charge is 0.258 e. The lowest BCUT2D eigenvalue weighted by atomic mass is 10.2. The molecule has 3 aromatic heterocycles. The maximum Gasteiger partial charge on any atom is 0.258 e. The summed E-state index contributed by atoms with van der Waals surface area (Å²) in [4.78, 5) is 20.6. The summed E-state index contributed by atoms with van der Waals surface area (Å²) in [6, 6.07) is 4.93. The number of carbonyl (C=O) groups excluding carboxylic acids is 1. The van der Waals surface area contributed by atoms with Crippen LogP contribution in [-0.4, -0.2) is 32.2 Å². The third-order valence-corrected chi connectivity index (χ3v) is 3.40. The second-order valence-electron chi connectivity index (χ2n) is 5.19. The number of aromatic amines is 1. The van der Waals surface area contributed by atoms with Crippen LogP contribution >= 0.6 is 0 Å². The molecule has 8 nitrogen and oxygen atoms in total. The second kappa shape index (κ2) is 6.95. The highest BCUT2D eigenvalue weighted by Crippen LogP contribution is 2.17. The molecule has 1 amide bonds. The van der Waals surface area contributed by atoms with E-state index in [0.717, 1.165) is 12.0 Å². The first kappa shape index (κ1) is 15.7. The third kappa shape index (κ3) is 3.60. The van der Waals surface area contributed by atoms with E-state index in [-0.39, 0.29) is 18.0 Å². The van der Waals surface area contributed by atoms with Crippen LogP contribution in [0.4, 0.5) is 5.95 Å². The predicted octanol–water partition coefficient (Wildman–Crippen LogP) is 2.89. The van der Waals surface area contributed by atoms with E-state index >= 15 is 0 Å². The normalized spacial score (nSPS) is 11.9. The van der Waals surface area contributed by atoms with Gasteiger partial charge in [-0.1, -0.05) is 6.92 Å². The largest absolute Gasteiger partial charge is 0.475 e. The fourth-order valence-corrected chi connectivity index (χ4v) is 1.92. The van der Waals surface area contributed by atoms with Crippen LogP contribution in [-0.2, 0) is 0 Å². The molecule has 1 unspecified atom stereocenters. The number of H-pyrrole nitrogens is 1. The molecule has 0 aromatic carbocycles. The Morgan fingerprint density at radius 2 is 2.33 bits per heavy atom. The van der Waals surface area contributed by atoms with Crippen molar-refractivity contribution in [2.24, 2.45) is 0 Å². The molecule has 0 aliphatic rings. The van der Waals surface area contributed by atoms with Crippen molar-refractivity contribution >= 4 is 11.9 Å². The molecule has 1 atom stereocenters. The number of amides is 1. The van der Waals surface area contributed by atoms with E-state index in [0.29, 0.717) is 17.3 Å². The van der Waals surface area contributed by atoms with E-state index in [2.05, 4.69) is 25.5 Å². The van der Waals surface area contributed by atoms with E-state index < -0.39 is 0 Å². The van der Waals surface area contributed by atoms with Crippen LogP contribution in [0.25, 0.3) is 11.4 Å². The summed E-state index contributed by atoms with van der Waals surface area (Å²) in [5.41, 5.74) is 1.16. The molecule has 3 rings (SSSR count). The summed E-state index contributed by atoms with van der Waals surface area (Å²) >= 11 is 0. The number of hydrogen-bond donors (Lipinski definition) is 2. The Morgan fingerprint density at radius 3 is 3.08 bits per heavy atom. The highest BCUT2D eigenvalue weighted by molar-refractivity contribution is 6.03. The van der Waals surface area contributed by atoms with Crippen molar-refractivity contribution in [1.82, 2.24) is 20.2 Å². The molecule has 0 spiro atoms. The number of ether oxygens (including phenoxy) is 1. The van der Waals surface area contributed by atoms with Crippen LogP contribution in [0.2, 0.25) is 0 Å². The molecule has 0 radical (unpaired) electrons. The zero-order chi connectivity index (χ0) is 16.9. The molecule has 0 fully saturated rings. The Bertz CT molecular complexity index is 813. The fourth-order valence-electron chi connectivity index (χ4n) is 1.92. The van der Waals surface area contributed by atoms with Crippen LogP contribution in [0.5, 0.6) is 5.88 Å². The Labute approximate surface area is 138 Å². The van der Waals surface area contributed by atoms with Crippen LogP contribution in [0.3, 0.4) is 0 Å². The molecule has 0 bridgehead atoms. The molecule has 2 N–H and O–H groups in total. The van der Waals surface area contributed by atoms with E-state index in [1.54, 1.807) is 18.2 Å². The van der Waals surface area contributed by atoms with Gasteiger partial charge in [0.05, 0.1) is 17.9 Å². The van der Waals surface area contributed by atoms with Gasteiger partial charge in [0.25, 0.3) is 5.91 Å². The van der Waals surface area contributed by atoms with Gasteiger partial charge in [0, 0.05) is 17.8 Å². The lowest BCUT2D eigenvalue weighted by Gasteiger charge is -2.11. The van der Waals surface area contributed by atoms with Crippen molar-refractivity contribution in [3.8, 4) is 17.3 Å². The van der Waals surface area contributed by atoms with Gasteiger partial charge in [-0.05, 0) is 25.5 Å². The molecule has 3 aromatic rings. The molecule has 0 saturated carbocycles. The molecule has 24 heavy (non-hydrogen) atoms. The molecule has 0 saturated heterocycles. The lowest BCUT2D eigenvalue weighted by molar-refractivity contribution is 0.102. The first-order valence-electron chi connectivity index (χ1n) is 7.54. The average molecular weight is 327 g/mol. The minimum absolute atomic E-state index is 0.0290. The second-order valence-corrected chi connectivity index (χ2v) is 5.19. The van der Waals surface area contributed by atoms with Crippen LogP contribution in [0.1, 0.15) is 30.6 Å². The zero-order valence-corrected chi connectivity index (χ0v) is 13.3. The number of carbonyl (C=O) groups is 1. The summed E-state index contributed by atoms with van der Waals surface area (Å²) in [7, 11) is 0. The van der Waals surface area contributed by atoms with Gasteiger partial charge in [-0.25, -0.2) is 4.98 Å².